The molecule has 0 aromatic heterocycles. The second-order valence-electron chi connectivity index (χ2n) is 3.37. The summed E-state index contributed by atoms with van der Waals surface area (Å²) >= 11 is 1.26. The Morgan fingerprint density at radius 2 is 2.35 bits per heavy atom. The zero-order valence-corrected chi connectivity index (χ0v) is 10.3. The van der Waals surface area contributed by atoms with E-state index < -0.39 is 5.82 Å². The van der Waals surface area contributed by atoms with Gasteiger partial charge < -0.3 is 0 Å². The van der Waals surface area contributed by atoms with Gasteiger partial charge in [-0.2, -0.15) is 5.26 Å². The van der Waals surface area contributed by atoms with Crippen LogP contribution in [-0.2, 0) is 4.79 Å². The summed E-state index contributed by atoms with van der Waals surface area (Å²) in [5.41, 5.74) is 1.02. The highest BCUT2D eigenvalue weighted by atomic mass is 32.2. The van der Waals surface area contributed by atoms with Gasteiger partial charge in [-0.15, -0.1) is 0 Å². The van der Waals surface area contributed by atoms with Crippen molar-refractivity contribution in [2.45, 2.75) is 13.3 Å². The molecule has 0 aliphatic heterocycles. The number of allylic oxidation sites excluding steroid dienone is 1. The largest absolute Gasteiger partial charge is 0.288 e. The zero-order chi connectivity index (χ0) is 12.7. The molecule has 0 bridgehead atoms. The van der Waals surface area contributed by atoms with E-state index in [0.717, 1.165) is 12.2 Å². The van der Waals surface area contributed by atoms with E-state index in [1.165, 1.54) is 30.8 Å². The number of carbonyl (C=O) groups is 1. The molecule has 4 heteroatoms. The van der Waals surface area contributed by atoms with Crippen LogP contribution in [0.3, 0.4) is 0 Å². The second-order valence-corrected chi connectivity index (χ2v) is 4.65. The molecule has 1 rings (SSSR count). The SMILES string of the molecule is CC(=O)SCCC=Cc1ccc(F)cc1C#N. The molecule has 1 aromatic rings. The minimum absolute atomic E-state index is 0.0953. The lowest BCUT2D eigenvalue weighted by Crippen LogP contribution is -1.85. The van der Waals surface area contributed by atoms with Crippen LogP contribution >= 0.6 is 11.8 Å². The van der Waals surface area contributed by atoms with Gasteiger partial charge >= 0.3 is 0 Å². The van der Waals surface area contributed by atoms with Crippen LogP contribution in [0.25, 0.3) is 6.08 Å². The van der Waals surface area contributed by atoms with Crippen molar-refractivity contribution in [3.05, 3.63) is 41.2 Å². The summed E-state index contributed by atoms with van der Waals surface area (Å²) in [4.78, 5) is 10.7. The van der Waals surface area contributed by atoms with Crippen LogP contribution in [0, 0.1) is 17.1 Å². The molecule has 0 fully saturated rings. The maximum absolute atomic E-state index is 12.8. The van der Waals surface area contributed by atoms with Crippen LogP contribution in [0.4, 0.5) is 4.39 Å². The lowest BCUT2D eigenvalue weighted by Gasteiger charge is -1.97. The standard InChI is InChI=1S/C13H12FNOS/c1-10(16)17-7-3-2-4-11-5-6-13(14)8-12(11)9-15/h2,4-6,8H,3,7H2,1H3. The molecule has 0 amide bonds. The molecule has 0 aliphatic carbocycles. The van der Waals surface area contributed by atoms with Gasteiger partial charge in [0, 0.05) is 12.7 Å². The van der Waals surface area contributed by atoms with Crippen molar-refractivity contribution in [3.8, 4) is 6.07 Å². The van der Waals surface area contributed by atoms with E-state index in [2.05, 4.69) is 0 Å². The van der Waals surface area contributed by atoms with Crippen molar-refractivity contribution in [2.24, 2.45) is 0 Å². The molecule has 0 saturated carbocycles. The van der Waals surface area contributed by atoms with Crippen LogP contribution in [0.2, 0.25) is 0 Å². The average Bonchev–Trinajstić information content (AvgIpc) is 2.29. The minimum Gasteiger partial charge on any atom is -0.288 e. The molecule has 17 heavy (non-hydrogen) atoms. The lowest BCUT2D eigenvalue weighted by atomic mass is 10.1. The van der Waals surface area contributed by atoms with Crippen LogP contribution in [0.15, 0.2) is 24.3 Å². The third kappa shape index (κ3) is 4.83. The fourth-order valence-electron chi connectivity index (χ4n) is 1.25. The number of hydrogen-bond acceptors (Lipinski definition) is 3. The molecule has 0 heterocycles. The Bertz CT molecular complexity index is 477. The lowest BCUT2D eigenvalue weighted by molar-refractivity contribution is -0.109. The highest BCUT2D eigenvalue weighted by Gasteiger charge is 2.00. The highest BCUT2D eigenvalue weighted by molar-refractivity contribution is 8.13. The van der Waals surface area contributed by atoms with E-state index in [1.54, 1.807) is 12.1 Å². The smallest absolute Gasteiger partial charge is 0.185 e. The number of nitriles is 1. The molecule has 0 N–H and O–H groups in total. The topological polar surface area (TPSA) is 40.9 Å². The first-order chi connectivity index (χ1) is 8.13. The van der Waals surface area contributed by atoms with Gasteiger partial charge in [0.2, 0.25) is 0 Å². The van der Waals surface area contributed by atoms with E-state index in [-0.39, 0.29) is 5.12 Å². The molecule has 88 valence electrons. The molecule has 0 aliphatic rings. The number of hydrogen-bond donors (Lipinski definition) is 0. The highest BCUT2D eigenvalue weighted by Crippen LogP contribution is 2.13. The molecule has 0 unspecified atom stereocenters. The first-order valence-corrected chi connectivity index (χ1v) is 6.11. The Morgan fingerprint density at radius 3 is 3.00 bits per heavy atom. The van der Waals surface area contributed by atoms with Crippen molar-refractivity contribution in [3.63, 3.8) is 0 Å². The monoisotopic (exact) mass is 249 g/mol. The quantitative estimate of drug-likeness (QED) is 0.768. The van der Waals surface area contributed by atoms with Crippen molar-refractivity contribution in [1.82, 2.24) is 0 Å². The number of nitrogens with zero attached hydrogens (tertiary/aromatic N) is 1. The summed E-state index contributed by atoms with van der Waals surface area (Å²) in [6.07, 6.45) is 4.40. The Hall–Kier alpha value is -1.60. The van der Waals surface area contributed by atoms with Gasteiger partial charge in [0.05, 0.1) is 11.6 Å². The predicted molar refractivity (Wildman–Crippen MR) is 67.9 cm³/mol. The molecular weight excluding hydrogens is 237 g/mol. The van der Waals surface area contributed by atoms with Crippen LogP contribution in [-0.4, -0.2) is 10.9 Å². The van der Waals surface area contributed by atoms with Gasteiger partial charge in [0.1, 0.15) is 5.82 Å². The molecule has 2 nitrogen and oxygen atoms in total. The van der Waals surface area contributed by atoms with Gasteiger partial charge in [-0.25, -0.2) is 4.39 Å². The summed E-state index contributed by atoms with van der Waals surface area (Å²) < 4.78 is 12.8. The van der Waals surface area contributed by atoms with Gasteiger partial charge in [-0.05, 0) is 24.1 Å². The minimum atomic E-state index is -0.411. The molecule has 1 aromatic carbocycles. The molecule has 0 spiro atoms. The molecular formula is C13H12FNOS. The van der Waals surface area contributed by atoms with E-state index >= 15 is 0 Å². The van der Waals surface area contributed by atoms with Crippen molar-refractivity contribution < 1.29 is 9.18 Å². The van der Waals surface area contributed by atoms with Crippen LogP contribution < -0.4 is 0 Å². The zero-order valence-electron chi connectivity index (χ0n) is 9.44. The Morgan fingerprint density at radius 1 is 1.59 bits per heavy atom. The number of benzene rings is 1. The molecule has 0 atom stereocenters. The number of carbonyl (C=O) groups excluding carboxylic acids is 1. The first-order valence-electron chi connectivity index (χ1n) is 5.13. The summed E-state index contributed by atoms with van der Waals surface area (Å²) in [7, 11) is 0. The third-order valence-electron chi connectivity index (χ3n) is 2.02. The third-order valence-corrected chi connectivity index (χ3v) is 2.87. The Labute approximate surface area is 104 Å². The van der Waals surface area contributed by atoms with E-state index in [1.807, 2.05) is 12.1 Å². The van der Waals surface area contributed by atoms with Crippen LogP contribution in [0.1, 0.15) is 24.5 Å². The molecule has 0 saturated heterocycles. The van der Waals surface area contributed by atoms with Crippen molar-refractivity contribution in [2.75, 3.05) is 5.75 Å². The second kappa shape index (κ2) is 6.87. The predicted octanol–water partition coefficient (Wildman–Crippen LogP) is 3.38. The summed E-state index contributed by atoms with van der Waals surface area (Å²) in [5.74, 6) is 0.306. The Balaban J connectivity index is 2.59. The maximum Gasteiger partial charge on any atom is 0.185 e. The van der Waals surface area contributed by atoms with E-state index in [0.29, 0.717) is 11.1 Å². The molecule has 0 radical (unpaired) electrons. The van der Waals surface area contributed by atoms with Crippen molar-refractivity contribution in [1.29, 1.82) is 5.26 Å². The number of halogens is 1. The van der Waals surface area contributed by atoms with E-state index in [4.69, 9.17) is 5.26 Å². The van der Waals surface area contributed by atoms with Gasteiger partial charge in [-0.3, -0.25) is 4.79 Å². The average molecular weight is 249 g/mol. The maximum atomic E-state index is 12.8. The fourth-order valence-corrected chi connectivity index (χ4v) is 1.79. The number of thioether (sulfide) groups is 1. The van der Waals surface area contributed by atoms with E-state index in [9.17, 15) is 9.18 Å². The van der Waals surface area contributed by atoms with Crippen molar-refractivity contribution >= 4 is 23.0 Å². The summed E-state index contributed by atoms with van der Waals surface area (Å²) in [6, 6.07) is 6.05. The van der Waals surface area contributed by atoms with Gasteiger partial charge in [-0.1, -0.05) is 30.0 Å². The van der Waals surface area contributed by atoms with Gasteiger partial charge in [0.15, 0.2) is 5.12 Å². The number of rotatable bonds is 4. The Kier molecular flexibility index (Phi) is 5.44. The fraction of sp³-hybridized carbons (Fsp3) is 0.231. The summed E-state index contributed by atoms with van der Waals surface area (Å²) in [6.45, 7) is 1.53. The first kappa shape index (κ1) is 13.5. The van der Waals surface area contributed by atoms with Gasteiger partial charge in [0.25, 0.3) is 0 Å². The van der Waals surface area contributed by atoms with Crippen LogP contribution in [0.5, 0.6) is 0 Å². The normalized spacial score (nSPS) is 10.4. The summed E-state index contributed by atoms with van der Waals surface area (Å²) in [5, 5.41) is 8.91.